The summed E-state index contributed by atoms with van der Waals surface area (Å²) in [5.41, 5.74) is 0.0791. The topological polar surface area (TPSA) is 277 Å². The molecule has 0 aromatic carbocycles. The van der Waals surface area contributed by atoms with E-state index in [2.05, 4.69) is 66.8 Å². The molecule has 0 heterocycles. The van der Waals surface area contributed by atoms with E-state index in [0.29, 0.717) is 55.8 Å². The van der Waals surface area contributed by atoms with E-state index in [9.17, 15) is 50.2 Å². The Bertz CT molecular complexity index is 2330. The van der Waals surface area contributed by atoms with E-state index in [-0.39, 0.29) is 114 Å². The third-order valence-electron chi connectivity index (χ3n) is 27.1. The summed E-state index contributed by atoms with van der Waals surface area (Å²) in [5.74, 6) is 0.372. The minimum atomic E-state index is -0.833. The fourth-order valence-corrected chi connectivity index (χ4v) is 22.9. The standard InChI is InChI=1S/C30H47NO5.C30H46O5.C2H4O2.CH4.H3N/c1-18(16-32)19-8-13-30(25(34)35)15-14-28(4)20(24(19)30)6-7-22-26(2)11-10-23(31-36)27(3,17-33)21(26)9-12-29(22,28)5;1-18(16-31)19-8-13-30(25(34)35)15-14-28(4)20(24(19)30)6-7-22-26(2)11-10-23(33)27(3,17-32)21(26)9-12-29(22,28)5;1-2(3)4;;/h19-22,24,32-33,36H,1,6-17H2,2-5H3,(H,34,35);19-22,24,31-32H,1,6-17H2,2-5H3,(H,34,35);1H3,(H,3,4);1H4;1H3/b31-23-;;;;/t2*19-,20+,21+,22+,24+,26-,27-,28+,29+,30-;;;/m00.../s1. The predicted octanol–water partition coefficient (Wildman–Crippen LogP) is 11.6. The molecule has 0 radical (unpaired) electrons. The molecule has 0 aromatic heterocycles. The van der Waals surface area contributed by atoms with Crippen LogP contribution in [0.2, 0.25) is 0 Å². The molecule has 77 heavy (non-hydrogen) atoms. The van der Waals surface area contributed by atoms with Gasteiger partial charge < -0.3 is 47.1 Å². The number of hydrogen-bond acceptors (Lipinski definition) is 11. The summed E-state index contributed by atoms with van der Waals surface area (Å²) in [6.45, 7) is 28.1. The van der Waals surface area contributed by atoms with Crippen molar-refractivity contribution < 1.29 is 60.1 Å². The molecule has 10 fully saturated rings. The van der Waals surface area contributed by atoms with Gasteiger partial charge in [0, 0.05) is 18.8 Å². The molecular formula is C63H104N2O12. The highest BCUT2D eigenvalue weighted by molar-refractivity contribution is 5.91. The molecule has 0 spiro atoms. The van der Waals surface area contributed by atoms with E-state index in [1.807, 2.05) is 6.92 Å². The van der Waals surface area contributed by atoms with Gasteiger partial charge in [-0.2, -0.15) is 0 Å². The highest BCUT2D eigenvalue weighted by Crippen LogP contribution is 2.79. The van der Waals surface area contributed by atoms with Crippen molar-refractivity contribution in [2.75, 3.05) is 26.4 Å². The molecule has 14 heteroatoms. The average molecular weight is 1080 g/mol. The summed E-state index contributed by atoms with van der Waals surface area (Å²) in [7, 11) is 0. The summed E-state index contributed by atoms with van der Waals surface area (Å²) in [4.78, 5) is 47.6. The van der Waals surface area contributed by atoms with E-state index in [0.717, 1.165) is 120 Å². The van der Waals surface area contributed by atoms with Crippen LogP contribution in [-0.2, 0) is 19.2 Å². The average Bonchev–Trinajstić information content (AvgIpc) is 3.97. The first-order chi connectivity index (χ1) is 35.0. The van der Waals surface area contributed by atoms with Crippen LogP contribution in [0.1, 0.15) is 198 Å². The lowest BCUT2D eigenvalue weighted by atomic mass is 9.32. The molecule has 0 unspecified atom stereocenters. The van der Waals surface area contributed by atoms with Gasteiger partial charge in [-0.25, -0.2) is 0 Å². The number of carboxylic acid groups (broad SMARTS) is 3. The number of aliphatic hydroxyl groups excluding tert-OH is 4. The number of rotatable bonds is 8. The van der Waals surface area contributed by atoms with Crippen LogP contribution in [0.25, 0.3) is 0 Å². The third-order valence-corrected chi connectivity index (χ3v) is 27.1. The van der Waals surface area contributed by atoms with Crippen molar-refractivity contribution in [1.82, 2.24) is 6.15 Å². The van der Waals surface area contributed by atoms with Gasteiger partial charge in [0.2, 0.25) is 0 Å². The minimum absolute atomic E-state index is 0. The third kappa shape index (κ3) is 8.54. The van der Waals surface area contributed by atoms with Gasteiger partial charge in [0.25, 0.3) is 5.97 Å². The van der Waals surface area contributed by atoms with Gasteiger partial charge >= 0.3 is 11.9 Å². The Morgan fingerprint density at radius 3 is 1.25 bits per heavy atom. The number of aliphatic carboxylic acids is 3. The summed E-state index contributed by atoms with van der Waals surface area (Å²) < 4.78 is 0. The van der Waals surface area contributed by atoms with Crippen LogP contribution in [0.3, 0.4) is 0 Å². The van der Waals surface area contributed by atoms with Crippen LogP contribution >= 0.6 is 0 Å². The lowest BCUT2D eigenvalue weighted by Crippen LogP contribution is -2.67. The summed E-state index contributed by atoms with van der Waals surface area (Å²) in [6, 6.07) is 0. The lowest BCUT2D eigenvalue weighted by molar-refractivity contribution is -0.238. The Morgan fingerprint density at radius 2 is 0.896 bits per heavy atom. The van der Waals surface area contributed by atoms with Crippen LogP contribution in [0.5, 0.6) is 0 Å². The minimum Gasteiger partial charge on any atom is -0.481 e. The van der Waals surface area contributed by atoms with Crippen LogP contribution < -0.4 is 6.15 Å². The summed E-state index contributed by atoms with van der Waals surface area (Å²) in [5, 5.41) is 82.7. The molecule has 0 amide bonds. The van der Waals surface area contributed by atoms with Crippen LogP contribution in [0, 0.1) is 113 Å². The van der Waals surface area contributed by atoms with Crippen molar-refractivity contribution in [3.63, 3.8) is 0 Å². The molecule has 10 aliphatic rings. The largest absolute Gasteiger partial charge is 0.481 e. The van der Waals surface area contributed by atoms with Crippen LogP contribution in [-0.4, -0.2) is 96.8 Å². The normalized spacial score (nSPS) is 49.4. The number of oxime groups is 1. The Balaban J connectivity index is 0.000000228. The summed E-state index contributed by atoms with van der Waals surface area (Å²) in [6.07, 6.45) is 17.7. The van der Waals surface area contributed by atoms with E-state index in [1.54, 1.807) is 0 Å². The predicted molar refractivity (Wildman–Crippen MR) is 298 cm³/mol. The molecule has 0 aromatic rings. The Labute approximate surface area is 461 Å². The number of aliphatic hydroxyl groups is 4. The quantitative estimate of drug-likeness (QED) is 0.0622. The van der Waals surface area contributed by atoms with Crippen molar-refractivity contribution in [2.45, 2.75) is 198 Å². The van der Waals surface area contributed by atoms with Crippen molar-refractivity contribution in [1.29, 1.82) is 0 Å². The number of carbonyl (C=O) groups is 4. The fraction of sp³-hybridized carbons (Fsp3) is 0.857. The number of ketones is 1. The second kappa shape index (κ2) is 21.3. The van der Waals surface area contributed by atoms with E-state index < -0.39 is 39.6 Å². The molecule has 10 rings (SSSR count). The second-order valence-corrected chi connectivity index (χ2v) is 28.9. The molecule has 0 aliphatic heterocycles. The van der Waals surface area contributed by atoms with E-state index in [4.69, 9.17) is 9.90 Å². The van der Waals surface area contributed by atoms with Crippen molar-refractivity contribution in [3.8, 4) is 0 Å². The second-order valence-electron chi connectivity index (χ2n) is 28.9. The molecule has 14 nitrogen and oxygen atoms in total. The Kier molecular flexibility index (Phi) is 17.4. The molecule has 438 valence electrons. The van der Waals surface area contributed by atoms with Crippen molar-refractivity contribution >= 4 is 29.4 Å². The van der Waals surface area contributed by atoms with Gasteiger partial charge in [-0.1, -0.05) is 81.1 Å². The zero-order valence-electron chi connectivity index (χ0n) is 48.0. The number of hydrogen-bond donors (Lipinski definition) is 9. The number of Topliss-reactive ketones (excluding diaryl/α,β-unsaturated/α-hetero) is 1. The first-order valence-electron chi connectivity index (χ1n) is 29.2. The monoisotopic (exact) mass is 1080 g/mol. The molecule has 0 saturated heterocycles. The van der Waals surface area contributed by atoms with Gasteiger partial charge in [0.05, 0.1) is 48.4 Å². The van der Waals surface area contributed by atoms with Crippen LogP contribution in [0.15, 0.2) is 29.5 Å². The number of nitrogens with zero attached hydrogens (tertiary/aromatic N) is 1. The van der Waals surface area contributed by atoms with Gasteiger partial charge in [-0.05, 0) is 225 Å². The molecule has 10 saturated carbocycles. The zero-order chi connectivity index (χ0) is 55.5. The Morgan fingerprint density at radius 1 is 0.519 bits per heavy atom. The maximum Gasteiger partial charge on any atom is 0.309 e. The molecule has 0 bridgehead atoms. The SMILES string of the molecule is C.C=C(CO)[C@@H]1CC[C@]2(C(=O)O)CC[C@]3(C)[C@H](CC[C@@H]4[C@@]5(C)CC/C(=N/O)[C@@](C)(CO)[C@@H]5CC[C@]43C)[C@@H]12.C=C(CO)[C@@H]1CC[C@]2(C(=O)O)CC[C@]3(C)[C@H](CC[C@@H]4[C@@]5(C)CCC(=O)[C@@](C)(CO)[C@@H]5CC[C@]43C)[C@@H]12.CC(=O)O.N. The van der Waals surface area contributed by atoms with Crippen molar-refractivity contribution in [2.24, 2.45) is 118 Å². The lowest BCUT2D eigenvalue weighted by Gasteiger charge is -2.72. The van der Waals surface area contributed by atoms with Gasteiger partial charge in [0.15, 0.2) is 0 Å². The van der Waals surface area contributed by atoms with Crippen LogP contribution in [0.4, 0.5) is 0 Å². The van der Waals surface area contributed by atoms with Gasteiger partial charge in [0.1, 0.15) is 5.78 Å². The van der Waals surface area contributed by atoms with Gasteiger partial charge in [-0.3, -0.25) is 19.2 Å². The van der Waals surface area contributed by atoms with E-state index >= 15 is 0 Å². The smallest absolute Gasteiger partial charge is 0.309 e. The van der Waals surface area contributed by atoms with Gasteiger partial charge in [-0.15, -0.1) is 0 Å². The molecule has 20 atom stereocenters. The molecular weight excluding hydrogens is 977 g/mol. The molecule has 11 N–H and O–H groups in total. The number of carboxylic acids is 3. The fourth-order valence-electron chi connectivity index (χ4n) is 22.9. The molecule has 10 aliphatic carbocycles. The first-order valence-corrected chi connectivity index (χ1v) is 29.2. The highest BCUT2D eigenvalue weighted by Gasteiger charge is 2.74. The summed E-state index contributed by atoms with van der Waals surface area (Å²) >= 11 is 0. The first kappa shape index (κ1) is 63.0. The van der Waals surface area contributed by atoms with E-state index in [1.165, 1.54) is 0 Å². The van der Waals surface area contributed by atoms with Crippen molar-refractivity contribution in [3.05, 3.63) is 24.3 Å². The number of carbonyl (C=O) groups excluding carboxylic acids is 1. The highest BCUT2D eigenvalue weighted by atomic mass is 16.4. The Hall–Kier alpha value is -3.17. The maximum atomic E-state index is 13.0. The number of fused-ring (bicyclic) bond motifs is 14. The zero-order valence-corrected chi connectivity index (χ0v) is 48.0. The maximum absolute atomic E-state index is 13.0.